The van der Waals surface area contributed by atoms with Gasteiger partial charge in [0.05, 0.1) is 31.8 Å². The Morgan fingerprint density at radius 1 is 1.24 bits per heavy atom. The number of carbonyl (C=O) groups excluding carboxylic acids is 1. The summed E-state index contributed by atoms with van der Waals surface area (Å²) in [5, 5.41) is 12.3. The number of carbonyl (C=O) groups is 1. The van der Waals surface area contributed by atoms with E-state index in [0.29, 0.717) is 53.0 Å². The van der Waals surface area contributed by atoms with E-state index < -0.39 is 11.5 Å². The Hall–Kier alpha value is -3.64. The predicted molar refractivity (Wildman–Crippen MR) is 129 cm³/mol. The number of methoxy groups -OCH3 is 2. The number of rotatable bonds is 10. The maximum atomic E-state index is 12.7. The highest BCUT2D eigenvalue weighted by atomic mass is 32.2. The van der Waals surface area contributed by atoms with Gasteiger partial charge in [-0.1, -0.05) is 23.9 Å². The van der Waals surface area contributed by atoms with Crippen molar-refractivity contribution >= 4 is 45.5 Å². The number of para-hydroxylation sites is 1. The molecule has 4 aromatic rings. The SMILES string of the molecule is COCCNc1nc(SC)nc2c1cnn2CCNC(=O)c1cc2cccc(OC)c2oc1=O. The summed E-state index contributed by atoms with van der Waals surface area (Å²) in [5.74, 6) is 0.567. The number of anilines is 1. The topological polar surface area (TPSA) is 133 Å². The smallest absolute Gasteiger partial charge is 0.349 e. The molecular formula is C22H24N6O5S. The average Bonchev–Trinajstić information content (AvgIpc) is 3.26. The van der Waals surface area contributed by atoms with Crippen LogP contribution in [0.5, 0.6) is 5.75 Å². The monoisotopic (exact) mass is 484 g/mol. The van der Waals surface area contributed by atoms with E-state index in [1.165, 1.54) is 24.9 Å². The highest BCUT2D eigenvalue weighted by molar-refractivity contribution is 7.98. The van der Waals surface area contributed by atoms with Crippen LogP contribution in [0.15, 0.2) is 44.8 Å². The largest absolute Gasteiger partial charge is 0.493 e. The Morgan fingerprint density at radius 2 is 2.09 bits per heavy atom. The number of benzene rings is 1. The van der Waals surface area contributed by atoms with Gasteiger partial charge < -0.3 is 24.5 Å². The van der Waals surface area contributed by atoms with Crippen LogP contribution in [0, 0.1) is 0 Å². The highest BCUT2D eigenvalue weighted by Gasteiger charge is 2.16. The summed E-state index contributed by atoms with van der Waals surface area (Å²) in [4.78, 5) is 34.1. The zero-order valence-electron chi connectivity index (χ0n) is 19.0. The number of nitrogens with one attached hydrogen (secondary N) is 2. The number of ether oxygens (including phenoxy) is 2. The minimum atomic E-state index is -0.733. The lowest BCUT2D eigenvalue weighted by Gasteiger charge is -2.09. The minimum absolute atomic E-state index is 0.0808. The molecule has 0 unspecified atom stereocenters. The van der Waals surface area contributed by atoms with Crippen molar-refractivity contribution in [2.45, 2.75) is 11.7 Å². The van der Waals surface area contributed by atoms with Crippen LogP contribution < -0.4 is 21.0 Å². The Morgan fingerprint density at radius 3 is 2.85 bits per heavy atom. The van der Waals surface area contributed by atoms with Crippen LogP contribution in [0.3, 0.4) is 0 Å². The van der Waals surface area contributed by atoms with Gasteiger partial charge in [0.25, 0.3) is 5.91 Å². The number of hydrogen-bond acceptors (Lipinski definition) is 10. The van der Waals surface area contributed by atoms with Crippen molar-refractivity contribution in [1.29, 1.82) is 0 Å². The number of amides is 1. The Kier molecular flexibility index (Phi) is 7.28. The lowest BCUT2D eigenvalue weighted by Crippen LogP contribution is -2.31. The third-order valence-electron chi connectivity index (χ3n) is 5.05. The van der Waals surface area contributed by atoms with E-state index in [-0.39, 0.29) is 12.1 Å². The highest BCUT2D eigenvalue weighted by Crippen LogP contribution is 2.25. The maximum Gasteiger partial charge on any atom is 0.349 e. The third kappa shape index (κ3) is 4.82. The van der Waals surface area contributed by atoms with Gasteiger partial charge in [-0.15, -0.1) is 0 Å². The van der Waals surface area contributed by atoms with E-state index in [4.69, 9.17) is 13.9 Å². The van der Waals surface area contributed by atoms with Crippen molar-refractivity contribution in [2.24, 2.45) is 0 Å². The average molecular weight is 485 g/mol. The first kappa shape index (κ1) is 23.5. The summed E-state index contributed by atoms with van der Waals surface area (Å²) in [6, 6.07) is 6.69. The summed E-state index contributed by atoms with van der Waals surface area (Å²) in [6.45, 7) is 1.72. The molecule has 0 saturated heterocycles. The first-order valence-corrected chi connectivity index (χ1v) is 11.7. The summed E-state index contributed by atoms with van der Waals surface area (Å²) >= 11 is 1.42. The number of nitrogens with zero attached hydrogens (tertiary/aromatic N) is 4. The van der Waals surface area contributed by atoms with Gasteiger partial charge in [-0.25, -0.2) is 19.4 Å². The predicted octanol–water partition coefficient (Wildman–Crippen LogP) is 2.15. The molecule has 1 aromatic carbocycles. The van der Waals surface area contributed by atoms with E-state index in [1.54, 1.807) is 36.2 Å². The van der Waals surface area contributed by atoms with Crippen LogP contribution in [0.1, 0.15) is 10.4 Å². The molecule has 34 heavy (non-hydrogen) atoms. The zero-order chi connectivity index (χ0) is 24.1. The molecule has 0 bridgehead atoms. The first-order valence-electron chi connectivity index (χ1n) is 10.4. The number of hydrogen-bond donors (Lipinski definition) is 2. The van der Waals surface area contributed by atoms with Crippen molar-refractivity contribution in [3.05, 3.63) is 46.4 Å². The lowest BCUT2D eigenvalue weighted by molar-refractivity contribution is 0.0948. The Bertz CT molecular complexity index is 1390. The maximum absolute atomic E-state index is 12.7. The molecule has 3 heterocycles. The number of fused-ring (bicyclic) bond motifs is 2. The van der Waals surface area contributed by atoms with Crippen LogP contribution in [-0.4, -0.2) is 65.8 Å². The Labute approximate surface area is 198 Å². The summed E-state index contributed by atoms with van der Waals surface area (Å²) in [6.07, 6.45) is 3.58. The zero-order valence-corrected chi connectivity index (χ0v) is 19.8. The fraction of sp³-hybridized carbons (Fsp3) is 0.318. The van der Waals surface area contributed by atoms with Gasteiger partial charge in [0, 0.05) is 25.6 Å². The molecule has 0 atom stereocenters. The molecule has 4 rings (SSSR count). The number of aromatic nitrogens is 4. The van der Waals surface area contributed by atoms with Crippen molar-refractivity contribution in [3.8, 4) is 5.75 Å². The molecule has 0 saturated carbocycles. The van der Waals surface area contributed by atoms with Crippen molar-refractivity contribution in [3.63, 3.8) is 0 Å². The van der Waals surface area contributed by atoms with Gasteiger partial charge in [0.2, 0.25) is 0 Å². The molecule has 0 aliphatic rings. The molecule has 1 amide bonds. The van der Waals surface area contributed by atoms with Gasteiger partial charge in [-0.3, -0.25) is 4.79 Å². The molecule has 11 nitrogen and oxygen atoms in total. The van der Waals surface area contributed by atoms with Crippen molar-refractivity contribution in [2.75, 3.05) is 45.5 Å². The quantitative estimate of drug-likeness (QED) is 0.149. The molecule has 0 radical (unpaired) electrons. The van der Waals surface area contributed by atoms with Gasteiger partial charge in [0.1, 0.15) is 11.4 Å². The second kappa shape index (κ2) is 10.5. The standard InChI is InChI=1S/C22H24N6O5S/c1-31-10-8-23-18-15-12-25-28(19(15)27-22(26-18)34-3)9-7-24-20(29)14-11-13-5-4-6-16(32-2)17(13)33-21(14)30/h4-6,11-12H,7-10H2,1-3H3,(H,24,29)(H,23,26,27). The summed E-state index contributed by atoms with van der Waals surface area (Å²) in [7, 11) is 3.12. The van der Waals surface area contributed by atoms with Crippen molar-refractivity contribution < 1.29 is 18.7 Å². The second-order valence-electron chi connectivity index (χ2n) is 7.17. The fourth-order valence-corrected chi connectivity index (χ4v) is 3.76. The Balaban J connectivity index is 1.49. The number of thioether (sulfide) groups is 1. The molecular weight excluding hydrogens is 460 g/mol. The van der Waals surface area contributed by atoms with E-state index >= 15 is 0 Å². The van der Waals surface area contributed by atoms with E-state index in [9.17, 15) is 9.59 Å². The van der Waals surface area contributed by atoms with Gasteiger partial charge in [-0.05, 0) is 18.4 Å². The van der Waals surface area contributed by atoms with Crippen LogP contribution in [0.4, 0.5) is 5.82 Å². The second-order valence-corrected chi connectivity index (χ2v) is 7.94. The molecule has 0 aliphatic heterocycles. The summed E-state index contributed by atoms with van der Waals surface area (Å²) < 4.78 is 17.3. The summed E-state index contributed by atoms with van der Waals surface area (Å²) in [5.41, 5.74) is 0.130. The van der Waals surface area contributed by atoms with Gasteiger partial charge in [-0.2, -0.15) is 5.10 Å². The minimum Gasteiger partial charge on any atom is -0.493 e. The van der Waals surface area contributed by atoms with Crippen LogP contribution in [0.25, 0.3) is 22.0 Å². The molecule has 178 valence electrons. The van der Waals surface area contributed by atoms with E-state index in [0.717, 1.165) is 5.39 Å². The van der Waals surface area contributed by atoms with Crippen molar-refractivity contribution in [1.82, 2.24) is 25.1 Å². The molecule has 2 N–H and O–H groups in total. The molecule has 3 aromatic heterocycles. The fourth-order valence-electron chi connectivity index (χ4n) is 3.40. The van der Waals surface area contributed by atoms with Crippen LogP contribution in [-0.2, 0) is 11.3 Å². The molecule has 0 spiro atoms. The van der Waals surface area contributed by atoms with E-state index in [1.807, 2.05) is 6.26 Å². The van der Waals surface area contributed by atoms with Crippen LogP contribution in [0.2, 0.25) is 0 Å². The molecule has 0 fully saturated rings. The molecule has 12 heteroatoms. The third-order valence-corrected chi connectivity index (χ3v) is 5.60. The lowest BCUT2D eigenvalue weighted by atomic mass is 10.1. The first-order chi connectivity index (χ1) is 16.5. The van der Waals surface area contributed by atoms with Gasteiger partial charge in [0.15, 0.2) is 22.1 Å². The van der Waals surface area contributed by atoms with Crippen LogP contribution >= 0.6 is 11.8 Å². The van der Waals surface area contributed by atoms with Gasteiger partial charge >= 0.3 is 5.63 Å². The van der Waals surface area contributed by atoms with E-state index in [2.05, 4.69) is 25.7 Å². The molecule has 0 aliphatic carbocycles. The normalized spacial score (nSPS) is 11.1.